The van der Waals surface area contributed by atoms with Crippen LogP contribution in [-0.4, -0.2) is 48.2 Å². The number of rotatable bonds is 7. The van der Waals surface area contributed by atoms with Gasteiger partial charge in [-0.15, -0.1) is 0 Å². The summed E-state index contributed by atoms with van der Waals surface area (Å²) in [7, 11) is 0. The molecule has 2 aliphatic carbocycles. The van der Waals surface area contributed by atoms with Gasteiger partial charge >= 0.3 is 18.0 Å². The van der Waals surface area contributed by atoms with Crippen molar-refractivity contribution in [2.75, 3.05) is 13.2 Å². The molecule has 0 saturated heterocycles. The number of aliphatic carboxylic acids is 1. The van der Waals surface area contributed by atoms with Crippen molar-refractivity contribution in [1.29, 1.82) is 0 Å². The summed E-state index contributed by atoms with van der Waals surface area (Å²) in [5.41, 5.74) is 4.40. The topological polar surface area (TPSA) is 105 Å². The van der Waals surface area contributed by atoms with E-state index in [-0.39, 0.29) is 18.9 Å². The molecule has 34 heavy (non-hydrogen) atoms. The van der Waals surface area contributed by atoms with Crippen LogP contribution < -0.4 is 10.6 Å². The van der Waals surface area contributed by atoms with Crippen LogP contribution in [0.15, 0.2) is 60.7 Å². The van der Waals surface area contributed by atoms with Crippen molar-refractivity contribution in [2.24, 2.45) is 5.92 Å². The van der Waals surface area contributed by atoms with Crippen LogP contribution in [0.2, 0.25) is 0 Å². The number of alkyl halides is 2. The fourth-order valence-corrected chi connectivity index (χ4v) is 4.42. The van der Waals surface area contributed by atoms with Crippen molar-refractivity contribution >= 4 is 18.0 Å². The molecule has 0 saturated carbocycles. The highest BCUT2D eigenvalue weighted by Crippen LogP contribution is 2.44. The SMILES string of the molecule is O=C(N[C@@H]1C=CC[C@@H](C(=O)NCC(F)(F)C(=O)O)C1)OCC1c2ccccc2-c2ccccc21. The van der Waals surface area contributed by atoms with Gasteiger partial charge in [0, 0.05) is 11.8 Å². The van der Waals surface area contributed by atoms with Crippen LogP contribution in [0.4, 0.5) is 13.6 Å². The Morgan fingerprint density at radius 2 is 1.65 bits per heavy atom. The van der Waals surface area contributed by atoms with E-state index in [0.29, 0.717) is 6.42 Å². The molecule has 7 nitrogen and oxygen atoms in total. The zero-order valence-electron chi connectivity index (χ0n) is 18.2. The van der Waals surface area contributed by atoms with Crippen molar-refractivity contribution in [1.82, 2.24) is 10.6 Å². The molecule has 0 heterocycles. The van der Waals surface area contributed by atoms with E-state index in [1.807, 2.05) is 53.8 Å². The molecule has 2 aromatic carbocycles. The number of hydrogen-bond donors (Lipinski definition) is 3. The van der Waals surface area contributed by atoms with Gasteiger partial charge in [-0.05, 0) is 35.1 Å². The summed E-state index contributed by atoms with van der Waals surface area (Å²) in [6.45, 7) is -1.14. The van der Waals surface area contributed by atoms with Crippen molar-refractivity contribution in [3.05, 3.63) is 71.8 Å². The van der Waals surface area contributed by atoms with Crippen molar-refractivity contribution in [3.8, 4) is 11.1 Å². The van der Waals surface area contributed by atoms with Crippen molar-refractivity contribution in [2.45, 2.75) is 30.7 Å². The zero-order valence-corrected chi connectivity index (χ0v) is 18.2. The Kier molecular flexibility index (Phi) is 6.63. The standard InChI is InChI=1S/C25H24F2N2O5/c26-25(27,23(31)32)14-28-22(30)15-6-5-7-16(12-15)29-24(33)34-13-21-19-10-3-1-8-17(19)18-9-2-4-11-20(18)21/h1-5,7-11,15-16,21H,6,12-14H2,(H,28,30)(H,29,33)(H,31,32)/t15-,16-/m1/s1. The van der Waals surface area contributed by atoms with Gasteiger partial charge in [-0.3, -0.25) is 4.79 Å². The summed E-state index contributed by atoms with van der Waals surface area (Å²) in [4.78, 5) is 35.2. The van der Waals surface area contributed by atoms with Gasteiger partial charge in [-0.2, -0.15) is 8.78 Å². The Balaban J connectivity index is 1.31. The maximum absolute atomic E-state index is 13.2. The van der Waals surface area contributed by atoms with E-state index in [0.717, 1.165) is 22.3 Å². The molecule has 0 spiro atoms. The van der Waals surface area contributed by atoms with Crippen LogP contribution >= 0.6 is 0 Å². The number of alkyl carbamates (subject to hydrolysis) is 1. The first-order valence-corrected chi connectivity index (χ1v) is 10.9. The molecule has 0 bridgehead atoms. The number of carbonyl (C=O) groups excluding carboxylic acids is 2. The quantitative estimate of drug-likeness (QED) is 0.536. The molecule has 2 aliphatic rings. The Labute approximate surface area is 194 Å². The van der Waals surface area contributed by atoms with Gasteiger partial charge < -0.3 is 20.5 Å². The monoisotopic (exact) mass is 470 g/mol. The van der Waals surface area contributed by atoms with E-state index in [9.17, 15) is 23.2 Å². The van der Waals surface area contributed by atoms with Gasteiger partial charge in [0.25, 0.3) is 0 Å². The normalized spacial score (nSPS) is 19.1. The number of benzene rings is 2. The molecule has 3 N–H and O–H groups in total. The predicted molar refractivity (Wildman–Crippen MR) is 119 cm³/mol. The van der Waals surface area contributed by atoms with E-state index < -0.39 is 42.4 Å². The summed E-state index contributed by atoms with van der Waals surface area (Å²) in [5.74, 6) is -7.79. The predicted octanol–water partition coefficient (Wildman–Crippen LogP) is 3.70. The minimum absolute atomic E-state index is 0.0884. The number of hydrogen-bond acceptors (Lipinski definition) is 4. The largest absolute Gasteiger partial charge is 0.477 e. The van der Waals surface area contributed by atoms with E-state index in [4.69, 9.17) is 9.84 Å². The minimum Gasteiger partial charge on any atom is -0.477 e. The van der Waals surface area contributed by atoms with Gasteiger partial charge in [-0.1, -0.05) is 60.7 Å². The van der Waals surface area contributed by atoms with Crippen LogP contribution in [0.25, 0.3) is 11.1 Å². The lowest BCUT2D eigenvalue weighted by molar-refractivity contribution is -0.164. The zero-order chi connectivity index (χ0) is 24.3. The molecular formula is C25H24F2N2O5. The molecule has 0 fully saturated rings. The first-order valence-electron chi connectivity index (χ1n) is 10.9. The number of carboxylic acids is 1. The maximum atomic E-state index is 13.2. The third kappa shape index (κ3) is 4.93. The van der Waals surface area contributed by atoms with Crippen LogP contribution in [0.3, 0.4) is 0 Å². The number of carboxylic acid groups (broad SMARTS) is 1. The third-order valence-corrected chi connectivity index (χ3v) is 6.14. The number of carbonyl (C=O) groups is 3. The van der Waals surface area contributed by atoms with Crippen LogP contribution in [-0.2, 0) is 14.3 Å². The minimum atomic E-state index is -4.04. The number of amides is 2. The highest BCUT2D eigenvalue weighted by atomic mass is 19.3. The second kappa shape index (κ2) is 9.62. The average molecular weight is 470 g/mol. The molecule has 2 aromatic rings. The molecule has 0 radical (unpaired) electrons. The van der Waals surface area contributed by atoms with E-state index in [1.54, 1.807) is 12.2 Å². The lowest BCUT2D eigenvalue weighted by atomic mass is 9.90. The fraction of sp³-hybridized carbons (Fsp3) is 0.320. The van der Waals surface area contributed by atoms with Crippen molar-refractivity contribution in [3.63, 3.8) is 0 Å². The molecule has 0 aliphatic heterocycles. The molecule has 2 amide bonds. The van der Waals surface area contributed by atoms with Crippen LogP contribution in [0.5, 0.6) is 0 Å². The van der Waals surface area contributed by atoms with Gasteiger partial charge in [0.05, 0.1) is 12.6 Å². The average Bonchev–Trinajstić information content (AvgIpc) is 3.15. The maximum Gasteiger partial charge on any atom is 0.407 e. The molecule has 2 atom stereocenters. The highest BCUT2D eigenvalue weighted by molar-refractivity contribution is 5.82. The van der Waals surface area contributed by atoms with Crippen molar-refractivity contribution < 1.29 is 33.0 Å². The van der Waals surface area contributed by atoms with E-state index >= 15 is 0 Å². The van der Waals surface area contributed by atoms with Gasteiger partial charge in [0.15, 0.2) is 0 Å². The second-order valence-electron chi connectivity index (χ2n) is 8.40. The summed E-state index contributed by atoms with van der Waals surface area (Å²) in [6.07, 6.45) is 3.24. The molecule has 178 valence electrons. The summed E-state index contributed by atoms with van der Waals surface area (Å²) >= 11 is 0. The molecule has 0 unspecified atom stereocenters. The first-order chi connectivity index (χ1) is 16.3. The van der Waals surface area contributed by atoms with E-state index in [1.165, 1.54) is 0 Å². The summed E-state index contributed by atoms with van der Waals surface area (Å²) < 4.78 is 31.9. The Hall–Kier alpha value is -3.75. The Morgan fingerprint density at radius 3 is 2.26 bits per heavy atom. The number of fused-ring (bicyclic) bond motifs is 3. The smallest absolute Gasteiger partial charge is 0.407 e. The number of ether oxygens (including phenoxy) is 1. The summed E-state index contributed by atoms with van der Waals surface area (Å²) in [6, 6.07) is 15.4. The third-order valence-electron chi connectivity index (χ3n) is 6.14. The Bertz CT molecular complexity index is 1090. The number of halogens is 2. The fourth-order valence-electron chi connectivity index (χ4n) is 4.42. The van der Waals surface area contributed by atoms with Crippen LogP contribution in [0.1, 0.15) is 29.9 Å². The lowest BCUT2D eigenvalue weighted by Crippen LogP contribution is -2.46. The molecule has 9 heteroatoms. The molecular weight excluding hydrogens is 446 g/mol. The second-order valence-corrected chi connectivity index (χ2v) is 8.40. The Morgan fingerprint density at radius 1 is 1.03 bits per heavy atom. The molecule has 0 aromatic heterocycles. The lowest BCUT2D eigenvalue weighted by Gasteiger charge is -2.25. The van der Waals surface area contributed by atoms with E-state index in [2.05, 4.69) is 5.32 Å². The number of nitrogens with one attached hydrogen (secondary N) is 2. The van der Waals surface area contributed by atoms with Gasteiger partial charge in [0.1, 0.15) is 6.61 Å². The van der Waals surface area contributed by atoms with Crippen LogP contribution in [0, 0.1) is 5.92 Å². The molecule has 4 rings (SSSR count). The van der Waals surface area contributed by atoms with Gasteiger partial charge in [-0.25, -0.2) is 9.59 Å². The van der Waals surface area contributed by atoms with Gasteiger partial charge in [0.2, 0.25) is 5.91 Å². The highest BCUT2D eigenvalue weighted by Gasteiger charge is 2.40. The summed E-state index contributed by atoms with van der Waals surface area (Å²) in [5, 5.41) is 13.1. The first kappa shape index (κ1) is 23.4. The number of allylic oxidation sites excluding steroid dienone is 1.